The molecule has 1 aromatic carbocycles. The van der Waals surface area contributed by atoms with Gasteiger partial charge < -0.3 is 19.9 Å². The molecule has 0 amide bonds. The van der Waals surface area contributed by atoms with E-state index >= 15 is 0 Å². The van der Waals surface area contributed by atoms with Crippen molar-refractivity contribution in [3.8, 4) is 11.5 Å². The Morgan fingerprint density at radius 2 is 2.11 bits per heavy atom. The first-order chi connectivity index (χ1) is 9.24. The molecule has 0 saturated carbocycles. The van der Waals surface area contributed by atoms with Crippen LogP contribution in [0.3, 0.4) is 0 Å². The quantitative estimate of drug-likeness (QED) is 0.893. The van der Waals surface area contributed by atoms with Crippen molar-refractivity contribution < 1.29 is 14.2 Å². The predicted molar refractivity (Wildman–Crippen MR) is 72.6 cm³/mol. The standard InChI is InChI=1S/C14H16N2O3/c1-17-8-5-11-13(12(6-8)18-2)14(15)9-7-19-4-3-10(9)16-11/h5-6H,3-4,7H2,1-2H3,(H2,15,16). The van der Waals surface area contributed by atoms with Gasteiger partial charge in [-0.15, -0.1) is 0 Å². The molecule has 0 atom stereocenters. The zero-order valence-corrected chi connectivity index (χ0v) is 11.0. The topological polar surface area (TPSA) is 66.6 Å². The van der Waals surface area contributed by atoms with Gasteiger partial charge in [0, 0.05) is 24.1 Å². The lowest BCUT2D eigenvalue weighted by Gasteiger charge is -2.20. The molecule has 2 heterocycles. The van der Waals surface area contributed by atoms with Crippen LogP contribution >= 0.6 is 0 Å². The normalized spacial score (nSPS) is 14.2. The van der Waals surface area contributed by atoms with E-state index in [2.05, 4.69) is 4.98 Å². The zero-order valence-electron chi connectivity index (χ0n) is 11.0. The van der Waals surface area contributed by atoms with Crippen LogP contribution in [0.4, 0.5) is 5.69 Å². The average molecular weight is 260 g/mol. The van der Waals surface area contributed by atoms with E-state index in [1.54, 1.807) is 14.2 Å². The van der Waals surface area contributed by atoms with Crippen LogP contribution in [0.5, 0.6) is 11.5 Å². The summed E-state index contributed by atoms with van der Waals surface area (Å²) in [6.07, 6.45) is 0.787. The van der Waals surface area contributed by atoms with Crippen molar-refractivity contribution in [2.45, 2.75) is 13.0 Å². The van der Waals surface area contributed by atoms with Crippen LogP contribution in [0.1, 0.15) is 11.3 Å². The highest BCUT2D eigenvalue weighted by Crippen LogP contribution is 2.37. The molecule has 0 radical (unpaired) electrons. The minimum atomic E-state index is 0.513. The number of nitrogens with two attached hydrogens (primary N) is 1. The van der Waals surface area contributed by atoms with Gasteiger partial charge in [0.25, 0.3) is 0 Å². The number of rotatable bonds is 2. The lowest BCUT2D eigenvalue weighted by atomic mass is 10.0. The summed E-state index contributed by atoms with van der Waals surface area (Å²) >= 11 is 0. The van der Waals surface area contributed by atoms with Crippen LogP contribution in [0, 0.1) is 0 Å². The van der Waals surface area contributed by atoms with Gasteiger partial charge in [-0.2, -0.15) is 0 Å². The summed E-state index contributed by atoms with van der Waals surface area (Å²) < 4.78 is 16.1. The third-order valence-electron chi connectivity index (χ3n) is 3.44. The number of hydrogen-bond acceptors (Lipinski definition) is 5. The number of methoxy groups -OCH3 is 2. The van der Waals surface area contributed by atoms with Gasteiger partial charge in [0.15, 0.2) is 0 Å². The number of benzene rings is 1. The maximum atomic E-state index is 6.27. The Balaban J connectivity index is 2.34. The summed E-state index contributed by atoms with van der Waals surface area (Å²) in [5.41, 5.74) is 9.74. The van der Waals surface area contributed by atoms with Gasteiger partial charge in [-0.05, 0) is 0 Å². The Hall–Kier alpha value is -2.01. The molecule has 1 aliphatic heterocycles. The van der Waals surface area contributed by atoms with Gasteiger partial charge in [0.05, 0.1) is 49.7 Å². The van der Waals surface area contributed by atoms with Gasteiger partial charge >= 0.3 is 0 Å². The first-order valence-electron chi connectivity index (χ1n) is 6.15. The molecule has 0 bridgehead atoms. The number of ether oxygens (including phenoxy) is 3. The Bertz CT molecular complexity index is 640. The van der Waals surface area contributed by atoms with Crippen molar-refractivity contribution in [1.82, 2.24) is 4.98 Å². The summed E-state index contributed by atoms with van der Waals surface area (Å²) in [4.78, 5) is 4.67. The fourth-order valence-electron chi connectivity index (χ4n) is 2.44. The number of anilines is 1. The monoisotopic (exact) mass is 260 g/mol. The number of hydrogen-bond donors (Lipinski definition) is 1. The molecular weight excluding hydrogens is 244 g/mol. The Morgan fingerprint density at radius 3 is 2.84 bits per heavy atom. The second-order valence-corrected chi connectivity index (χ2v) is 4.48. The number of nitrogens with zero attached hydrogens (tertiary/aromatic N) is 1. The first-order valence-corrected chi connectivity index (χ1v) is 6.15. The van der Waals surface area contributed by atoms with Crippen LogP contribution in [0.25, 0.3) is 10.9 Å². The molecule has 2 N–H and O–H groups in total. The highest BCUT2D eigenvalue weighted by Gasteiger charge is 2.19. The predicted octanol–water partition coefficient (Wildman–Crippen LogP) is 1.91. The van der Waals surface area contributed by atoms with Gasteiger partial charge in [0.1, 0.15) is 11.5 Å². The largest absolute Gasteiger partial charge is 0.497 e. The molecule has 100 valence electrons. The molecule has 19 heavy (non-hydrogen) atoms. The maximum absolute atomic E-state index is 6.27. The van der Waals surface area contributed by atoms with Crippen molar-refractivity contribution in [3.05, 3.63) is 23.4 Å². The summed E-state index contributed by atoms with van der Waals surface area (Å²) in [6.45, 7) is 1.20. The Kier molecular flexibility index (Phi) is 2.91. The third kappa shape index (κ3) is 1.86. The fourth-order valence-corrected chi connectivity index (χ4v) is 2.44. The van der Waals surface area contributed by atoms with Crippen LogP contribution in [0.2, 0.25) is 0 Å². The van der Waals surface area contributed by atoms with Gasteiger partial charge in [-0.1, -0.05) is 0 Å². The van der Waals surface area contributed by atoms with Gasteiger partial charge in [-0.3, -0.25) is 4.98 Å². The van der Waals surface area contributed by atoms with E-state index in [0.29, 0.717) is 30.4 Å². The third-order valence-corrected chi connectivity index (χ3v) is 3.44. The summed E-state index contributed by atoms with van der Waals surface area (Å²) in [5.74, 6) is 1.39. The van der Waals surface area contributed by atoms with Gasteiger partial charge in [-0.25, -0.2) is 0 Å². The first kappa shape index (κ1) is 12.0. The second kappa shape index (κ2) is 4.59. The molecule has 0 spiro atoms. The van der Waals surface area contributed by atoms with Crippen molar-refractivity contribution in [2.24, 2.45) is 0 Å². The number of aromatic nitrogens is 1. The lowest BCUT2D eigenvalue weighted by Crippen LogP contribution is -2.14. The van der Waals surface area contributed by atoms with Gasteiger partial charge in [0.2, 0.25) is 0 Å². The number of nitrogen functional groups attached to an aromatic ring is 1. The SMILES string of the molecule is COc1cc(OC)c2c(N)c3c(nc2c1)CCOC3. The van der Waals surface area contributed by atoms with Crippen molar-refractivity contribution in [3.63, 3.8) is 0 Å². The van der Waals surface area contributed by atoms with E-state index in [0.717, 1.165) is 28.6 Å². The minimum absolute atomic E-state index is 0.513. The average Bonchev–Trinajstić information content (AvgIpc) is 2.46. The molecule has 0 saturated heterocycles. The van der Waals surface area contributed by atoms with E-state index in [-0.39, 0.29) is 0 Å². The molecule has 1 aromatic heterocycles. The maximum Gasteiger partial charge on any atom is 0.134 e. The summed E-state index contributed by atoms with van der Waals surface area (Å²) in [7, 11) is 3.24. The highest BCUT2D eigenvalue weighted by molar-refractivity contribution is 5.98. The van der Waals surface area contributed by atoms with E-state index in [1.807, 2.05) is 12.1 Å². The van der Waals surface area contributed by atoms with E-state index in [4.69, 9.17) is 19.9 Å². The van der Waals surface area contributed by atoms with Crippen LogP contribution in [0.15, 0.2) is 12.1 Å². The molecule has 0 unspecified atom stereocenters. The highest BCUT2D eigenvalue weighted by atomic mass is 16.5. The molecule has 5 heteroatoms. The van der Waals surface area contributed by atoms with Crippen LogP contribution in [-0.4, -0.2) is 25.8 Å². The zero-order chi connectivity index (χ0) is 13.4. The van der Waals surface area contributed by atoms with Crippen LogP contribution < -0.4 is 15.2 Å². The van der Waals surface area contributed by atoms with Crippen LogP contribution in [-0.2, 0) is 17.8 Å². The number of fused-ring (bicyclic) bond motifs is 2. The Morgan fingerprint density at radius 1 is 1.26 bits per heavy atom. The molecule has 0 aliphatic carbocycles. The number of pyridine rings is 1. The van der Waals surface area contributed by atoms with Crippen molar-refractivity contribution in [1.29, 1.82) is 0 Å². The fraction of sp³-hybridized carbons (Fsp3) is 0.357. The van der Waals surface area contributed by atoms with E-state index < -0.39 is 0 Å². The lowest BCUT2D eigenvalue weighted by molar-refractivity contribution is 0.110. The summed E-state index contributed by atoms with van der Waals surface area (Å²) in [5, 5.41) is 0.826. The molecule has 3 rings (SSSR count). The molecule has 1 aliphatic rings. The molecule has 0 fully saturated rings. The molecular formula is C14H16N2O3. The van der Waals surface area contributed by atoms with Crippen molar-refractivity contribution >= 4 is 16.6 Å². The van der Waals surface area contributed by atoms with Crippen molar-refractivity contribution in [2.75, 3.05) is 26.6 Å². The Labute approximate surface area is 111 Å². The smallest absolute Gasteiger partial charge is 0.134 e. The second-order valence-electron chi connectivity index (χ2n) is 4.48. The molecule has 5 nitrogen and oxygen atoms in total. The summed E-state index contributed by atoms with van der Waals surface area (Å²) in [6, 6.07) is 3.69. The minimum Gasteiger partial charge on any atom is -0.497 e. The van der Waals surface area contributed by atoms with E-state index in [9.17, 15) is 0 Å². The molecule has 2 aromatic rings. The van der Waals surface area contributed by atoms with E-state index in [1.165, 1.54) is 0 Å².